The zero-order valence-electron chi connectivity index (χ0n) is 11.7. The number of aromatic nitrogens is 2. The van der Waals surface area contributed by atoms with Crippen LogP contribution in [-0.4, -0.2) is 46.4 Å². The van der Waals surface area contributed by atoms with Gasteiger partial charge in [-0.2, -0.15) is 5.10 Å². The smallest absolute Gasteiger partial charge is 0.274 e. The maximum atomic E-state index is 12.9. The fourth-order valence-electron chi connectivity index (χ4n) is 2.35. The van der Waals surface area contributed by atoms with Crippen molar-refractivity contribution in [1.29, 1.82) is 0 Å². The first-order chi connectivity index (χ1) is 10.1. The molecule has 3 rings (SSSR count). The highest BCUT2D eigenvalue weighted by molar-refractivity contribution is 5.92. The van der Waals surface area contributed by atoms with Gasteiger partial charge in [0.25, 0.3) is 5.91 Å². The first-order valence-electron chi connectivity index (χ1n) is 6.85. The van der Waals surface area contributed by atoms with Gasteiger partial charge < -0.3 is 9.64 Å². The Labute approximate surface area is 121 Å². The standard InChI is InChI=1S/C15H16FN3O2/c1-11-10-21-9-8-18(11)15(20)14-6-7-19(17-14)13-4-2-12(16)3-5-13/h2-7,11H,8-10H2,1H3/t11-/m0/s1. The molecular formula is C15H16FN3O2. The van der Waals surface area contributed by atoms with Crippen LogP contribution in [0.5, 0.6) is 0 Å². The number of hydrogen-bond acceptors (Lipinski definition) is 3. The summed E-state index contributed by atoms with van der Waals surface area (Å²) in [6, 6.07) is 7.68. The van der Waals surface area contributed by atoms with Gasteiger partial charge in [0.05, 0.1) is 24.9 Å². The molecule has 2 aromatic rings. The van der Waals surface area contributed by atoms with Crippen LogP contribution in [-0.2, 0) is 4.74 Å². The molecule has 0 N–H and O–H groups in total. The van der Waals surface area contributed by atoms with Gasteiger partial charge in [0.1, 0.15) is 5.82 Å². The Morgan fingerprint density at radius 1 is 1.33 bits per heavy atom. The number of morpholine rings is 1. The van der Waals surface area contributed by atoms with Crippen LogP contribution >= 0.6 is 0 Å². The van der Waals surface area contributed by atoms with Gasteiger partial charge in [0, 0.05) is 12.7 Å². The predicted octanol–water partition coefficient (Wildman–Crippen LogP) is 1.87. The van der Waals surface area contributed by atoms with Gasteiger partial charge in [-0.05, 0) is 37.3 Å². The predicted molar refractivity (Wildman–Crippen MR) is 74.8 cm³/mol. The zero-order valence-corrected chi connectivity index (χ0v) is 11.7. The van der Waals surface area contributed by atoms with E-state index < -0.39 is 0 Å². The second-order valence-electron chi connectivity index (χ2n) is 5.04. The molecule has 2 heterocycles. The lowest BCUT2D eigenvalue weighted by atomic mass is 10.2. The van der Waals surface area contributed by atoms with Gasteiger partial charge in [-0.1, -0.05) is 0 Å². The number of amides is 1. The number of nitrogens with zero attached hydrogens (tertiary/aromatic N) is 3. The topological polar surface area (TPSA) is 47.4 Å². The summed E-state index contributed by atoms with van der Waals surface area (Å²) in [6.07, 6.45) is 1.70. The summed E-state index contributed by atoms with van der Waals surface area (Å²) < 4.78 is 19.8. The number of carbonyl (C=O) groups is 1. The first kappa shape index (κ1) is 13.8. The Morgan fingerprint density at radius 2 is 2.10 bits per heavy atom. The number of rotatable bonds is 2. The summed E-state index contributed by atoms with van der Waals surface area (Å²) in [5.74, 6) is -0.406. The second-order valence-corrected chi connectivity index (χ2v) is 5.04. The minimum Gasteiger partial charge on any atom is -0.377 e. The molecule has 1 saturated heterocycles. The third kappa shape index (κ3) is 2.80. The van der Waals surface area contributed by atoms with Crippen LogP contribution < -0.4 is 0 Å². The van der Waals surface area contributed by atoms with Gasteiger partial charge in [-0.25, -0.2) is 9.07 Å². The van der Waals surface area contributed by atoms with E-state index in [0.717, 1.165) is 0 Å². The molecule has 1 amide bonds. The fourth-order valence-corrected chi connectivity index (χ4v) is 2.35. The van der Waals surface area contributed by atoms with Crippen molar-refractivity contribution in [2.75, 3.05) is 19.8 Å². The molecule has 1 aromatic heterocycles. The van der Waals surface area contributed by atoms with Crippen molar-refractivity contribution in [3.8, 4) is 5.69 Å². The van der Waals surface area contributed by atoms with E-state index in [0.29, 0.717) is 31.1 Å². The van der Waals surface area contributed by atoms with Crippen molar-refractivity contribution in [1.82, 2.24) is 14.7 Å². The quantitative estimate of drug-likeness (QED) is 0.848. The normalized spacial score (nSPS) is 18.8. The summed E-state index contributed by atoms with van der Waals surface area (Å²) in [5, 5.41) is 4.28. The lowest BCUT2D eigenvalue weighted by Gasteiger charge is -2.32. The van der Waals surface area contributed by atoms with Gasteiger partial charge in [-0.3, -0.25) is 4.79 Å². The zero-order chi connectivity index (χ0) is 14.8. The molecule has 1 aliphatic heterocycles. The minimum atomic E-state index is -0.302. The molecule has 0 unspecified atom stereocenters. The van der Waals surface area contributed by atoms with E-state index in [9.17, 15) is 9.18 Å². The number of hydrogen-bond donors (Lipinski definition) is 0. The molecule has 5 nitrogen and oxygen atoms in total. The van der Waals surface area contributed by atoms with Crippen LogP contribution in [0, 0.1) is 5.82 Å². The van der Waals surface area contributed by atoms with E-state index >= 15 is 0 Å². The molecule has 110 valence electrons. The highest BCUT2D eigenvalue weighted by atomic mass is 19.1. The van der Waals surface area contributed by atoms with Crippen molar-refractivity contribution in [2.45, 2.75) is 13.0 Å². The average molecular weight is 289 g/mol. The largest absolute Gasteiger partial charge is 0.377 e. The van der Waals surface area contributed by atoms with Crippen LogP contribution in [0.3, 0.4) is 0 Å². The second kappa shape index (κ2) is 5.65. The highest BCUT2D eigenvalue weighted by Crippen LogP contribution is 2.13. The molecule has 0 aliphatic carbocycles. The van der Waals surface area contributed by atoms with E-state index in [1.165, 1.54) is 12.1 Å². The van der Waals surface area contributed by atoms with Crippen molar-refractivity contribution in [2.24, 2.45) is 0 Å². The molecule has 0 saturated carbocycles. The Bertz CT molecular complexity index is 639. The maximum absolute atomic E-state index is 12.9. The van der Waals surface area contributed by atoms with Gasteiger partial charge in [-0.15, -0.1) is 0 Å². The highest BCUT2D eigenvalue weighted by Gasteiger charge is 2.26. The monoisotopic (exact) mass is 289 g/mol. The summed E-state index contributed by atoms with van der Waals surface area (Å²) in [5.41, 5.74) is 1.10. The number of halogens is 1. The Morgan fingerprint density at radius 3 is 2.81 bits per heavy atom. The fraction of sp³-hybridized carbons (Fsp3) is 0.333. The van der Waals surface area contributed by atoms with Crippen LogP contribution in [0.25, 0.3) is 5.69 Å². The maximum Gasteiger partial charge on any atom is 0.274 e. The SMILES string of the molecule is C[C@H]1COCCN1C(=O)c1ccn(-c2ccc(F)cc2)n1. The van der Waals surface area contributed by atoms with Gasteiger partial charge in [0.15, 0.2) is 5.69 Å². The molecular weight excluding hydrogens is 273 g/mol. The molecule has 21 heavy (non-hydrogen) atoms. The van der Waals surface area contributed by atoms with Crippen molar-refractivity contribution in [3.05, 3.63) is 48.0 Å². The van der Waals surface area contributed by atoms with E-state index in [1.807, 2.05) is 6.92 Å². The molecule has 0 radical (unpaired) electrons. The van der Waals surface area contributed by atoms with E-state index in [1.54, 1.807) is 34.0 Å². The molecule has 6 heteroatoms. The number of ether oxygens (including phenoxy) is 1. The molecule has 0 bridgehead atoms. The number of carbonyl (C=O) groups excluding carboxylic acids is 1. The summed E-state index contributed by atoms with van der Waals surface area (Å²) >= 11 is 0. The molecule has 1 aromatic carbocycles. The third-order valence-corrected chi connectivity index (χ3v) is 3.53. The lowest BCUT2D eigenvalue weighted by molar-refractivity contribution is 0.00325. The Hall–Kier alpha value is -2.21. The number of benzene rings is 1. The Kier molecular flexibility index (Phi) is 3.70. The van der Waals surface area contributed by atoms with E-state index in [4.69, 9.17) is 4.74 Å². The van der Waals surface area contributed by atoms with Crippen LogP contribution in [0.4, 0.5) is 4.39 Å². The van der Waals surface area contributed by atoms with Crippen molar-refractivity contribution in [3.63, 3.8) is 0 Å². The van der Waals surface area contributed by atoms with Crippen LogP contribution in [0.2, 0.25) is 0 Å². The summed E-state index contributed by atoms with van der Waals surface area (Å²) in [6.45, 7) is 3.62. The molecule has 0 spiro atoms. The van der Waals surface area contributed by atoms with Crippen LogP contribution in [0.1, 0.15) is 17.4 Å². The van der Waals surface area contributed by atoms with Crippen LogP contribution in [0.15, 0.2) is 36.5 Å². The lowest BCUT2D eigenvalue weighted by Crippen LogP contribution is -2.47. The molecule has 1 aliphatic rings. The van der Waals surface area contributed by atoms with Gasteiger partial charge >= 0.3 is 0 Å². The van der Waals surface area contributed by atoms with Gasteiger partial charge in [0.2, 0.25) is 0 Å². The minimum absolute atomic E-state index is 0.0437. The van der Waals surface area contributed by atoms with E-state index in [2.05, 4.69) is 5.10 Å². The molecule has 1 fully saturated rings. The first-order valence-corrected chi connectivity index (χ1v) is 6.85. The van der Waals surface area contributed by atoms with Crippen molar-refractivity contribution < 1.29 is 13.9 Å². The van der Waals surface area contributed by atoms with E-state index in [-0.39, 0.29) is 17.8 Å². The Balaban J connectivity index is 1.81. The summed E-state index contributed by atoms with van der Waals surface area (Å²) in [7, 11) is 0. The molecule has 1 atom stereocenters. The van der Waals surface area contributed by atoms with Crippen molar-refractivity contribution >= 4 is 5.91 Å². The summed E-state index contributed by atoms with van der Waals surface area (Å²) in [4.78, 5) is 14.2. The third-order valence-electron chi connectivity index (χ3n) is 3.53. The average Bonchev–Trinajstić information content (AvgIpc) is 2.98.